The molecule has 1 aliphatic carbocycles. The first kappa shape index (κ1) is 16.0. The average Bonchev–Trinajstić information content (AvgIpc) is 3.13. The molecule has 1 saturated carbocycles. The molecule has 1 aromatic rings. The van der Waals surface area contributed by atoms with Crippen LogP contribution in [-0.2, 0) is 26.1 Å². The van der Waals surface area contributed by atoms with E-state index in [1.54, 1.807) is 12.5 Å². The van der Waals surface area contributed by atoms with E-state index in [0.29, 0.717) is 32.4 Å². The summed E-state index contributed by atoms with van der Waals surface area (Å²) < 4.78 is 33.8. The molecule has 8 heteroatoms. The highest BCUT2D eigenvalue weighted by molar-refractivity contribution is 7.90. The van der Waals surface area contributed by atoms with Gasteiger partial charge in [0.1, 0.15) is 0 Å². The number of aryl methyl sites for hydroxylation is 1. The van der Waals surface area contributed by atoms with Crippen molar-refractivity contribution in [3.63, 3.8) is 0 Å². The summed E-state index contributed by atoms with van der Waals surface area (Å²) in [5.41, 5.74) is 0. The topological polar surface area (TPSA) is 90.3 Å². The maximum absolute atomic E-state index is 12.3. The van der Waals surface area contributed by atoms with Crippen molar-refractivity contribution in [1.29, 1.82) is 0 Å². The number of hydrogen-bond acceptors (Lipinski definition) is 5. The summed E-state index contributed by atoms with van der Waals surface area (Å²) in [6.45, 7) is 1.05. The molecular formula is C13H21N3O4S. The summed E-state index contributed by atoms with van der Waals surface area (Å²) in [6.07, 6.45) is 7.71. The van der Waals surface area contributed by atoms with Crippen molar-refractivity contribution in [3.05, 3.63) is 18.7 Å². The Bertz CT molecular complexity index is 556. The van der Waals surface area contributed by atoms with Gasteiger partial charge >= 0.3 is 5.97 Å². The minimum absolute atomic E-state index is 0.352. The van der Waals surface area contributed by atoms with Crippen LogP contribution in [0.15, 0.2) is 18.7 Å². The molecule has 1 aromatic heterocycles. The number of ether oxygens (including phenoxy) is 1. The zero-order valence-electron chi connectivity index (χ0n) is 12.1. The summed E-state index contributed by atoms with van der Waals surface area (Å²) in [7, 11) is -2.19. The number of rotatable bonds is 7. The lowest BCUT2D eigenvalue weighted by Gasteiger charge is -2.18. The largest absolute Gasteiger partial charge is 0.469 e. The molecule has 118 valence electrons. The fourth-order valence-corrected chi connectivity index (χ4v) is 4.52. The maximum Gasteiger partial charge on any atom is 0.310 e. The van der Waals surface area contributed by atoms with E-state index in [4.69, 9.17) is 4.74 Å². The predicted molar refractivity (Wildman–Crippen MR) is 76.9 cm³/mol. The van der Waals surface area contributed by atoms with Crippen molar-refractivity contribution < 1.29 is 17.9 Å². The number of methoxy groups -OCH3 is 1. The fourth-order valence-electron chi connectivity index (χ4n) is 2.72. The van der Waals surface area contributed by atoms with E-state index in [-0.39, 0.29) is 0 Å². The highest BCUT2D eigenvalue weighted by Gasteiger charge is 2.41. The normalized spacial score (nSPS) is 22.3. The van der Waals surface area contributed by atoms with Gasteiger partial charge in [0, 0.05) is 25.5 Å². The van der Waals surface area contributed by atoms with Crippen LogP contribution >= 0.6 is 0 Å². The number of nitrogens with zero attached hydrogens (tertiary/aromatic N) is 2. The van der Waals surface area contributed by atoms with Crippen LogP contribution in [-0.4, -0.2) is 42.8 Å². The molecule has 1 heterocycles. The molecule has 1 aliphatic rings. The Balaban J connectivity index is 1.84. The third-order valence-electron chi connectivity index (χ3n) is 3.81. The monoisotopic (exact) mass is 315 g/mol. The zero-order chi connectivity index (χ0) is 15.3. The Morgan fingerprint density at radius 1 is 1.48 bits per heavy atom. The van der Waals surface area contributed by atoms with Crippen molar-refractivity contribution in [2.24, 2.45) is 5.92 Å². The Hall–Kier alpha value is -1.41. The SMILES string of the molecule is COC(=O)C1CCCC1S(=O)(=O)NCCCn1ccnc1. The van der Waals surface area contributed by atoms with E-state index >= 15 is 0 Å². The Labute approximate surface area is 124 Å². The van der Waals surface area contributed by atoms with Crippen LogP contribution in [0, 0.1) is 5.92 Å². The molecule has 0 radical (unpaired) electrons. The van der Waals surface area contributed by atoms with E-state index in [2.05, 4.69) is 9.71 Å². The molecule has 21 heavy (non-hydrogen) atoms. The summed E-state index contributed by atoms with van der Waals surface area (Å²) >= 11 is 0. The standard InChI is InChI=1S/C13H21N3O4S/c1-20-13(17)11-4-2-5-12(11)21(18,19)15-6-3-8-16-9-7-14-10-16/h7,9-12,15H,2-6,8H2,1H3. The third-order valence-corrected chi connectivity index (χ3v) is 5.78. The molecular weight excluding hydrogens is 294 g/mol. The van der Waals surface area contributed by atoms with E-state index in [0.717, 1.165) is 6.42 Å². The molecule has 0 bridgehead atoms. The molecule has 0 aliphatic heterocycles. The predicted octanol–water partition coefficient (Wildman–Crippen LogP) is 0.534. The van der Waals surface area contributed by atoms with Gasteiger partial charge in [0.15, 0.2) is 0 Å². The van der Waals surface area contributed by atoms with Gasteiger partial charge in [-0.2, -0.15) is 0 Å². The highest BCUT2D eigenvalue weighted by atomic mass is 32.2. The average molecular weight is 315 g/mol. The quantitative estimate of drug-likeness (QED) is 0.585. The second-order valence-electron chi connectivity index (χ2n) is 5.19. The number of nitrogens with one attached hydrogen (secondary N) is 1. The molecule has 0 aromatic carbocycles. The third kappa shape index (κ3) is 4.04. The second-order valence-corrected chi connectivity index (χ2v) is 7.18. The van der Waals surface area contributed by atoms with Gasteiger partial charge in [-0.3, -0.25) is 4.79 Å². The van der Waals surface area contributed by atoms with E-state index in [1.807, 2.05) is 10.8 Å². The van der Waals surface area contributed by atoms with Crippen molar-refractivity contribution >= 4 is 16.0 Å². The van der Waals surface area contributed by atoms with Gasteiger partial charge in [-0.15, -0.1) is 0 Å². The van der Waals surface area contributed by atoms with E-state index in [9.17, 15) is 13.2 Å². The first-order valence-electron chi connectivity index (χ1n) is 7.06. The molecule has 2 unspecified atom stereocenters. The molecule has 7 nitrogen and oxygen atoms in total. The lowest BCUT2D eigenvalue weighted by molar-refractivity contribution is -0.145. The van der Waals surface area contributed by atoms with Gasteiger partial charge in [0.2, 0.25) is 10.0 Å². The van der Waals surface area contributed by atoms with Crippen molar-refractivity contribution in [3.8, 4) is 0 Å². The molecule has 1 N–H and O–H groups in total. The van der Waals surface area contributed by atoms with Crippen molar-refractivity contribution in [2.45, 2.75) is 37.5 Å². The van der Waals surface area contributed by atoms with Crippen molar-refractivity contribution in [1.82, 2.24) is 14.3 Å². The lowest BCUT2D eigenvalue weighted by atomic mass is 10.1. The smallest absolute Gasteiger partial charge is 0.310 e. The molecule has 0 saturated heterocycles. The minimum Gasteiger partial charge on any atom is -0.469 e. The van der Waals surface area contributed by atoms with Gasteiger partial charge in [0.25, 0.3) is 0 Å². The summed E-state index contributed by atoms with van der Waals surface area (Å²) in [6, 6.07) is 0. The second kappa shape index (κ2) is 7.04. The molecule has 0 amide bonds. The Morgan fingerprint density at radius 3 is 2.95 bits per heavy atom. The number of sulfonamides is 1. The number of hydrogen-bond donors (Lipinski definition) is 1. The van der Waals surface area contributed by atoms with Crippen LogP contribution in [0.25, 0.3) is 0 Å². The molecule has 2 atom stereocenters. The van der Waals surface area contributed by atoms with Crippen LogP contribution in [0.1, 0.15) is 25.7 Å². The zero-order valence-corrected chi connectivity index (χ0v) is 12.9. The summed E-state index contributed by atoms with van der Waals surface area (Å²) in [5, 5.41) is -0.668. The summed E-state index contributed by atoms with van der Waals surface area (Å²) in [5.74, 6) is -0.970. The maximum atomic E-state index is 12.3. The first-order chi connectivity index (χ1) is 10.0. The van der Waals surface area contributed by atoms with Gasteiger partial charge in [-0.1, -0.05) is 6.42 Å². The van der Waals surface area contributed by atoms with Crippen LogP contribution < -0.4 is 4.72 Å². The first-order valence-corrected chi connectivity index (χ1v) is 8.61. The summed E-state index contributed by atoms with van der Waals surface area (Å²) in [4.78, 5) is 15.6. The van der Waals surface area contributed by atoms with E-state index < -0.39 is 27.2 Å². The van der Waals surface area contributed by atoms with Gasteiger partial charge in [-0.05, 0) is 19.3 Å². The number of esters is 1. The molecule has 1 fully saturated rings. The molecule has 0 spiro atoms. The van der Waals surface area contributed by atoms with Gasteiger partial charge in [-0.25, -0.2) is 18.1 Å². The van der Waals surface area contributed by atoms with Crippen LogP contribution in [0.5, 0.6) is 0 Å². The van der Waals surface area contributed by atoms with Gasteiger partial charge < -0.3 is 9.30 Å². The van der Waals surface area contributed by atoms with Crippen LogP contribution in [0.2, 0.25) is 0 Å². The number of carbonyl (C=O) groups excluding carboxylic acids is 1. The number of aromatic nitrogens is 2. The van der Waals surface area contributed by atoms with Crippen LogP contribution in [0.4, 0.5) is 0 Å². The molecule has 2 rings (SSSR count). The number of carbonyl (C=O) groups is 1. The fraction of sp³-hybridized carbons (Fsp3) is 0.692. The lowest BCUT2D eigenvalue weighted by Crippen LogP contribution is -2.40. The highest BCUT2D eigenvalue weighted by Crippen LogP contribution is 2.31. The van der Waals surface area contributed by atoms with E-state index in [1.165, 1.54) is 7.11 Å². The van der Waals surface area contributed by atoms with Gasteiger partial charge in [0.05, 0.1) is 24.6 Å². The number of imidazole rings is 1. The minimum atomic E-state index is -3.48. The van der Waals surface area contributed by atoms with Crippen molar-refractivity contribution in [2.75, 3.05) is 13.7 Å². The Kier molecular flexibility index (Phi) is 5.35. The van der Waals surface area contributed by atoms with Crippen LogP contribution in [0.3, 0.4) is 0 Å². The Morgan fingerprint density at radius 2 is 2.29 bits per heavy atom.